The Morgan fingerprint density at radius 1 is 1.07 bits per heavy atom. The van der Waals surface area contributed by atoms with E-state index in [1.165, 1.54) is 6.07 Å². The number of esters is 1. The number of nitrogens with zero attached hydrogens (tertiary/aromatic N) is 1. The molecule has 0 saturated carbocycles. The summed E-state index contributed by atoms with van der Waals surface area (Å²) in [7, 11) is 1.56. The highest BCUT2D eigenvalue weighted by atomic mass is 32.1. The van der Waals surface area contributed by atoms with Crippen molar-refractivity contribution >= 4 is 41.1 Å². The first-order valence-electron chi connectivity index (χ1n) is 8.56. The molecule has 144 valence electrons. The number of benzene rings is 2. The highest BCUT2D eigenvalue weighted by Gasteiger charge is 2.35. The third-order valence-electron chi connectivity index (χ3n) is 4.39. The van der Waals surface area contributed by atoms with Crippen molar-refractivity contribution in [2.45, 2.75) is 0 Å². The Bertz CT molecular complexity index is 1120. The van der Waals surface area contributed by atoms with Gasteiger partial charge in [-0.2, -0.15) is 0 Å². The lowest BCUT2D eigenvalue weighted by atomic mass is 10.0. The molecule has 1 saturated heterocycles. The minimum absolute atomic E-state index is 0.0571. The Labute approximate surface area is 171 Å². The quantitative estimate of drug-likeness (QED) is 0.276. The molecule has 0 bridgehead atoms. The lowest BCUT2D eigenvalue weighted by Crippen LogP contribution is -2.31. The number of para-hydroxylation sites is 1. The van der Waals surface area contributed by atoms with Crippen LogP contribution in [0.1, 0.15) is 15.9 Å². The Morgan fingerprint density at radius 3 is 2.52 bits per heavy atom. The first-order chi connectivity index (χ1) is 14.0. The van der Waals surface area contributed by atoms with E-state index in [2.05, 4.69) is 5.32 Å². The van der Waals surface area contributed by atoms with Gasteiger partial charge in [0.15, 0.2) is 5.11 Å². The number of thiocarbonyl (C=S) groups is 1. The molecule has 0 aliphatic carbocycles. The number of hydrogen-bond acceptors (Lipinski definition) is 6. The van der Waals surface area contributed by atoms with E-state index in [0.29, 0.717) is 5.75 Å². The van der Waals surface area contributed by atoms with Gasteiger partial charge in [0, 0.05) is 6.20 Å². The van der Waals surface area contributed by atoms with Crippen LogP contribution in [0, 0.1) is 0 Å². The van der Waals surface area contributed by atoms with E-state index in [1.54, 1.807) is 55.7 Å². The smallest absolute Gasteiger partial charge is 0.349 e. The molecule has 2 aromatic rings. The van der Waals surface area contributed by atoms with Gasteiger partial charge in [-0.3, -0.25) is 14.5 Å². The van der Waals surface area contributed by atoms with Crippen LogP contribution in [-0.4, -0.2) is 34.8 Å². The molecule has 8 heteroatoms. The zero-order valence-electron chi connectivity index (χ0n) is 15.2. The van der Waals surface area contributed by atoms with Gasteiger partial charge in [0.1, 0.15) is 22.8 Å². The summed E-state index contributed by atoms with van der Waals surface area (Å²) in [6.45, 7) is 0. The molecule has 1 amide bonds. The molecule has 4 rings (SSSR count). The second kappa shape index (κ2) is 7.33. The summed E-state index contributed by atoms with van der Waals surface area (Å²) in [5, 5.41) is 2.86. The van der Waals surface area contributed by atoms with E-state index in [-0.39, 0.29) is 27.7 Å². The Balaban J connectivity index is 1.63. The van der Waals surface area contributed by atoms with Gasteiger partial charge in [-0.05, 0) is 48.1 Å². The average Bonchev–Trinajstić information content (AvgIpc) is 2.98. The summed E-state index contributed by atoms with van der Waals surface area (Å²) in [6, 6.07) is 13.5. The molecule has 0 atom stereocenters. The van der Waals surface area contributed by atoms with Crippen molar-refractivity contribution in [3.8, 4) is 11.5 Å². The van der Waals surface area contributed by atoms with Gasteiger partial charge in [-0.25, -0.2) is 4.79 Å². The van der Waals surface area contributed by atoms with E-state index in [9.17, 15) is 14.4 Å². The molecule has 29 heavy (non-hydrogen) atoms. The van der Waals surface area contributed by atoms with Crippen molar-refractivity contribution in [1.29, 1.82) is 0 Å². The fraction of sp³-hybridized carbons (Fsp3) is 0.0476. The molecule has 0 radical (unpaired) electrons. The van der Waals surface area contributed by atoms with Crippen LogP contribution in [0.3, 0.4) is 0 Å². The van der Waals surface area contributed by atoms with Crippen LogP contribution >= 0.6 is 12.2 Å². The van der Waals surface area contributed by atoms with Gasteiger partial charge < -0.3 is 14.8 Å². The summed E-state index contributed by atoms with van der Waals surface area (Å²) < 4.78 is 10.3. The number of ether oxygens (including phenoxy) is 2. The molecule has 2 aliphatic heterocycles. The number of carbonyl (C=O) groups excluding carboxylic acids is 3. The van der Waals surface area contributed by atoms with Crippen LogP contribution in [0.5, 0.6) is 11.5 Å². The van der Waals surface area contributed by atoms with Crippen LogP contribution in [-0.2, 0) is 9.59 Å². The summed E-state index contributed by atoms with van der Waals surface area (Å²) >= 11 is 5.20. The topological polar surface area (TPSA) is 84.9 Å². The molecule has 0 spiro atoms. The normalized spacial score (nSPS) is 18.7. The van der Waals surface area contributed by atoms with E-state index < -0.39 is 17.7 Å². The highest BCUT2D eigenvalue weighted by Crippen LogP contribution is 2.28. The third kappa shape index (κ3) is 3.41. The van der Waals surface area contributed by atoms with Crippen LogP contribution in [0.25, 0.3) is 6.08 Å². The maximum atomic E-state index is 12.8. The lowest BCUT2D eigenvalue weighted by molar-refractivity contribution is -0.130. The van der Waals surface area contributed by atoms with E-state index in [4.69, 9.17) is 21.7 Å². The van der Waals surface area contributed by atoms with Crippen molar-refractivity contribution in [3.63, 3.8) is 0 Å². The zero-order chi connectivity index (χ0) is 20.5. The van der Waals surface area contributed by atoms with Crippen molar-refractivity contribution < 1.29 is 23.9 Å². The molecule has 0 aromatic heterocycles. The second-order valence-corrected chi connectivity index (χ2v) is 6.58. The standard InChI is InChI=1S/C21H14N2O5S/c1-27-13-8-6-12(7-9-13)10-16-19(25)23(21(29)22-16)11-15-18(24)14-4-2-3-5-17(14)28-20(15)26/h2-11H,1H3,(H,22,29). The summed E-state index contributed by atoms with van der Waals surface area (Å²) in [5.74, 6) is -0.975. The van der Waals surface area contributed by atoms with Gasteiger partial charge in [0.05, 0.1) is 12.7 Å². The summed E-state index contributed by atoms with van der Waals surface area (Å²) in [5.41, 5.74) is 0.944. The summed E-state index contributed by atoms with van der Waals surface area (Å²) in [4.78, 5) is 38.7. The Hall–Kier alpha value is -3.78. The predicted octanol–water partition coefficient (Wildman–Crippen LogP) is 2.44. The first kappa shape index (κ1) is 18.6. The number of methoxy groups -OCH3 is 1. The number of amides is 1. The molecule has 0 unspecified atom stereocenters. The summed E-state index contributed by atoms with van der Waals surface area (Å²) in [6.07, 6.45) is 2.73. The van der Waals surface area contributed by atoms with E-state index >= 15 is 0 Å². The fourth-order valence-electron chi connectivity index (χ4n) is 2.91. The monoisotopic (exact) mass is 406 g/mol. The molecule has 7 nitrogen and oxygen atoms in total. The fourth-order valence-corrected chi connectivity index (χ4v) is 3.15. The molecule has 2 aliphatic rings. The van der Waals surface area contributed by atoms with Crippen molar-refractivity contribution in [2.75, 3.05) is 7.11 Å². The number of rotatable bonds is 3. The van der Waals surface area contributed by atoms with Crippen molar-refractivity contribution in [1.82, 2.24) is 10.2 Å². The molecule has 2 aromatic carbocycles. The first-order valence-corrected chi connectivity index (χ1v) is 8.97. The minimum Gasteiger partial charge on any atom is -0.497 e. The molecule has 2 heterocycles. The number of carbonyl (C=O) groups is 3. The van der Waals surface area contributed by atoms with Gasteiger partial charge in [0.25, 0.3) is 5.91 Å². The van der Waals surface area contributed by atoms with E-state index in [1.807, 2.05) is 0 Å². The predicted molar refractivity (Wildman–Crippen MR) is 108 cm³/mol. The van der Waals surface area contributed by atoms with Gasteiger partial charge in [-0.15, -0.1) is 0 Å². The molecular formula is C21H14N2O5S. The van der Waals surface area contributed by atoms with Gasteiger partial charge in [0.2, 0.25) is 5.78 Å². The number of hydrogen-bond donors (Lipinski definition) is 1. The maximum absolute atomic E-state index is 12.8. The number of nitrogens with one attached hydrogen (secondary N) is 1. The lowest BCUT2D eigenvalue weighted by Gasteiger charge is -2.18. The number of Topliss-reactive ketones (excluding diaryl/α,β-unsaturated/α-hetero) is 1. The average molecular weight is 406 g/mol. The van der Waals surface area contributed by atoms with Crippen LogP contribution in [0.4, 0.5) is 0 Å². The Morgan fingerprint density at radius 2 is 1.79 bits per heavy atom. The largest absolute Gasteiger partial charge is 0.497 e. The van der Waals surface area contributed by atoms with Crippen LogP contribution < -0.4 is 14.8 Å². The SMILES string of the molecule is COc1ccc(C=C2NC(=S)N(C=C3C(=O)Oc4ccccc4C3=O)C2=O)cc1. The number of fused-ring (bicyclic) bond motifs is 1. The maximum Gasteiger partial charge on any atom is 0.349 e. The van der Waals surface area contributed by atoms with Gasteiger partial charge >= 0.3 is 5.97 Å². The molecular weight excluding hydrogens is 392 g/mol. The highest BCUT2D eigenvalue weighted by molar-refractivity contribution is 7.80. The van der Waals surface area contributed by atoms with Gasteiger partial charge in [-0.1, -0.05) is 24.3 Å². The second-order valence-electron chi connectivity index (χ2n) is 6.19. The minimum atomic E-state index is -0.836. The Kier molecular flexibility index (Phi) is 4.69. The third-order valence-corrected chi connectivity index (χ3v) is 4.69. The van der Waals surface area contributed by atoms with E-state index in [0.717, 1.165) is 16.7 Å². The van der Waals surface area contributed by atoms with Crippen LogP contribution in [0.2, 0.25) is 0 Å². The number of ketones is 1. The van der Waals surface area contributed by atoms with Crippen molar-refractivity contribution in [3.05, 3.63) is 77.1 Å². The van der Waals surface area contributed by atoms with Crippen molar-refractivity contribution in [2.24, 2.45) is 0 Å². The molecule has 1 fully saturated rings. The zero-order valence-corrected chi connectivity index (χ0v) is 16.0. The van der Waals surface area contributed by atoms with Crippen LogP contribution in [0.15, 0.2) is 66.0 Å². The molecule has 1 N–H and O–H groups in total.